The van der Waals surface area contributed by atoms with Crippen molar-refractivity contribution in [2.24, 2.45) is 0 Å². The van der Waals surface area contributed by atoms with E-state index < -0.39 is 0 Å². The molecule has 0 radical (unpaired) electrons. The van der Waals surface area contributed by atoms with E-state index in [1.807, 2.05) is 16.7 Å². The molecule has 0 saturated carbocycles. The van der Waals surface area contributed by atoms with E-state index in [4.69, 9.17) is 9.97 Å². The fourth-order valence-corrected chi connectivity index (χ4v) is 3.77. The lowest BCUT2D eigenvalue weighted by atomic mass is 10.2. The van der Waals surface area contributed by atoms with Crippen LogP contribution >= 0.6 is 0 Å². The topological polar surface area (TPSA) is 58.9 Å². The van der Waals surface area contributed by atoms with Crippen molar-refractivity contribution in [3.8, 4) is 17.1 Å². The maximum Gasteiger partial charge on any atom is 0.167 e. The SMILES string of the molecule is Cc1cc(N2CCNCC2)nc2c1nc(-c1ccc(F)cc1)n2-c1ccncc1. The zero-order chi connectivity index (χ0) is 19.8. The van der Waals surface area contributed by atoms with Gasteiger partial charge in [-0.15, -0.1) is 0 Å². The molecule has 3 aromatic heterocycles. The third-order valence-electron chi connectivity index (χ3n) is 5.26. The maximum absolute atomic E-state index is 13.5. The van der Waals surface area contributed by atoms with E-state index in [1.54, 1.807) is 24.5 Å². The summed E-state index contributed by atoms with van der Waals surface area (Å²) in [5, 5.41) is 3.38. The van der Waals surface area contributed by atoms with Gasteiger partial charge in [-0.25, -0.2) is 14.4 Å². The number of halogens is 1. The number of aromatic nitrogens is 4. The van der Waals surface area contributed by atoms with Crippen molar-refractivity contribution < 1.29 is 4.39 Å². The lowest BCUT2D eigenvalue weighted by molar-refractivity contribution is 0.585. The van der Waals surface area contributed by atoms with E-state index >= 15 is 0 Å². The van der Waals surface area contributed by atoms with E-state index in [1.165, 1.54) is 12.1 Å². The normalized spacial score (nSPS) is 14.5. The molecule has 1 fully saturated rings. The fourth-order valence-electron chi connectivity index (χ4n) is 3.77. The molecule has 146 valence electrons. The van der Waals surface area contributed by atoms with Crippen molar-refractivity contribution in [1.82, 2.24) is 24.8 Å². The smallest absolute Gasteiger partial charge is 0.167 e. The van der Waals surface area contributed by atoms with E-state index in [-0.39, 0.29) is 5.82 Å². The highest BCUT2D eigenvalue weighted by Crippen LogP contribution is 2.31. The van der Waals surface area contributed by atoms with Crippen molar-refractivity contribution in [2.45, 2.75) is 6.92 Å². The Balaban J connectivity index is 1.76. The number of anilines is 1. The number of piperazine rings is 1. The molecule has 4 heterocycles. The molecule has 0 amide bonds. The minimum absolute atomic E-state index is 0.268. The molecule has 1 aliphatic heterocycles. The second-order valence-corrected chi connectivity index (χ2v) is 7.19. The van der Waals surface area contributed by atoms with Crippen LogP contribution in [0.5, 0.6) is 0 Å². The number of fused-ring (bicyclic) bond motifs is 1. The van der Waals surface area contributed by atoms with Crippen LogP contribution in [0.2, 0.25) is 0 Å². The summed E-state index contributed by atoms with van der Waals surface area (Å²) in [5.41, 5.74) is 4.47. The number of nitrogens with zero attached hydrogens (tertiary/aromatic N) is 5. The minimum atomic E-state index is -0.268. The van der Waals surface area contributed by atoms with E-state index in [0.717, 1.165) is 65.8 Å². The average molecular weight is 388 g/mol. The van der Waals surface area contributed by atoms with Crippen molar-refractivity contribution in [2.75, 3.05) is 31.1 Å². The number of nitrogens with one attached hydrogen (secondary N) is 1. The first-order valence-electron chi connectivity index (χ1n) is 9.73. The molecule has 0 atom stereocenters. The molecule has 1 aliphatic rings. The summed E-state index contributed by atoms with van der Waals surface area (Å²) in [6.45, 7) is 5.80. The number of imidazole rings is 1. The lowest BCUT2D eigenvalue weighted by Crippen LogP contribution is -2.43. The van der Waals surface area contributed by atoms with Gasteiger partial charge in [0.05, 0.1) is 5.69 Å². The second-order valence-electron chi connectivity index (χ2n) is 7.19. The maximum atomic E-state index is 13.5. The molecule has 4 aromatic rings. The summed E-state index contributed by atoms with van der Waals surface area (Å²) < 4.78 is 15.5. The summed E-state index contributed by atoms with van der Waals surface area (Å²) in [6.07, 6.45) is 3.51. The molecule has 0 bridgehead atoms. The number of hydrogen-bond acceptors (Lipinski definition) is 5. The molecule has 7 heteroatoms. The third-order valence-corrected chi connectivity index (χ3v) is 5.26. The predicted octanol–water partition coefficient (Wildman–Crippen LogP) is 3.34. The van der Waals surface area contributed by atoms with E-state index in [2.05, 4.69) is 28.2 Å². The minimum Gasteiger partial charge on any atom is -0.354 e. The molecule has 1 aromatic carbocycles. The van der Waals surface area contributed by atoms with Crippen LogP contribution in [-0.2, 0) is 0 Å². The van der Waals surface area contributed by atoms with Gasteiger partial charge in [-0.3, -0.25) is 9.55 Å². The van der Waals surface area contributed by atoms with Crippen LogP contribution in [-0.4, -0.2) is 45.7 Å². The first-order chi connectivity index (χ1) is 14.2. The molecule has 5 rings (SSSR count). The van der Waals surface area contributed by atoms with Crippen LogP contribution in [0.3, 0.4) is 0 Å². The van der Waals surface area contributed by atoms with Gasteiger partial charge in [0.1, 0.15) is 23.0 Å². The van der Waals surface area contributed by atoms with Gasteiger partial charge in [-0.05, 0) is 55.0 Å². The first-order valence-corrected chi connectivity index (χ1v) is 9.73. The van der Waals surface area contributed by atoms with Gasteiger partial charge in [0.15, 0.2) is 5.65 Å². The standard InChI is InChI=1S/C22H21FN6/c1-15-14-19(28-12-10-25-11-13-28)26-22-20(15)27-21(16-2-4-17(23)5-3-16)29(22)18-6-8-24-9-7-18/h2-9,14,25H,10-13H2,1H3. The molecular weight excluding hydrogens is 367 g/mol. The molecule has 6 nitrogen and oxygen atoms in total. The highest BCUT2D eigenvalue weighted by molar-refractivity contribution is 5.84. The molecule has 1 saturated heterocycles. The van der Waals surface area contributed by atoms with Crippen LogP contribution in [0, 0.1) is 12.7 Å². The third kappa shape index (κ3) is 3.23. The van der Waals surface area contributed by atoms with Crippen molar-refractivity contribution in [3.05, 3.63) is 66.2 Å². The van der Waals surface area contributed by atoms with Crippen LogP contribution in [0.25, 0.3) is 28.2 Å². The van der Waals surface area contributed by atoms with Crippen LogP contribution in [0.4, 0.5) is 10.2 Å². The first kappa shape index (κ1) is 17.8. The lowest BCUT2D eigenvalue weighted by Gasteiger charge is -2.28. The number of benzene rings is 1. The van der Waals surface area contributed by atoms with Crippen LogP contribution < -0.4 is 10.2 Å². The molecule has 0 spiro atoms. The largest absolute Gasteiger partial charge is 0.354 e. The predicted molar refractivity (Wildman–Crippen MR) is 112 cm³/mol. The molecule has 0 unspecified atom stereocenters. The van der Waals surface area contributed by atoms with Crippen molar-refractivity contribution in [1.29, 1.82) is 0 Å². The molecular formula is C22H21FN6. The van der Waals surface area contributed by atoms with Crippen molar-refractivity contribution >= 4 is 17.0 Å². The monoisotopic (exact) mass is 388 g/mol. The van der Waals surface area contributed by atoms with Gasteiger partial charge in [0.25, 0.3) is 0 Å². The van der Waals surface area contributed by atoms with Gasteiger partial charge in [-0.2, -0.15) is 0 Å². The van der Waals surface area contributed by atoms with E-state index in [9.17, 15) is 4.39 Å². The summed E-state index contributed by atoms with van der Waals surface area (Å²) in [5.74, 6) is 1.42. The van der Waals surface area contributed by atoms with Crippen LogP contribution in [0.1, 0.15) is 5.56 Å². The second kappa shape index (κ2) is 7.25. The van der Waals surface area contributed by atoms with Gasteiger partial charge < -0.3 is 10.2 Å². The van der Waals surface area contributed by atoms with Crippen molar-refractivity contribution in [3.63, 3.8) is 0 Å². The Morgan fingerprint density at radius 1 is 0.966 bits per heavy atom. The number of aryl methyl sites for hydroxylation is 1. The average Bonchev–Trinajstić information content (AvgIpc) is 3.15. The molecule has 29 heavy (non-hydrogen) atoms. The number of rotatable bonds is 3. The quantitative estimate of drug-likeness (QED) is 0.583. The number of hydrogen-bond donors (Lipinski definition) is 1. The Bertz CT molecular complexity index is 1150. The zero-order valence-corrected chi connectivity index (χ0v) is 16.1. The fraction of sp³-hybridized carbons (Fsp3) is 0.227. The van der Waals surface area contributed by atoms with Crippen LogP contribution in [0.15, 0.2) is 54.9 Å². The number of pyridine rings is 2. The van der Waals surface area contributed by atoms with Gasteiger partial charge in [0.2, 0.25) is 0 Å². The zero-order valence-electron chi connectivity index (χ0n) is 16.1. The molecule has 1 N–H and O–H groups in total. The Labute approximate surface area is 168 Å². The summed E-state index contributed by atoms with van der Waals surface area (Å²) in [4.78, 5) is 16.3. The summed E-state index contributed by atoms with van der Waals surface area (Å²) >= 11 is 0. The highest BCUT2D eigenvalue weighted by atomic mass is 19.1. The van der Waals surface area contributed by atoms with Gasteiger partial charge in [-0.1, -0.05) is 0 Å². The Kier molecular flexibility index (Phi) is 4.44. The Morgan fingerprint density at radius 2 is 1.69 bits per heavy atom. The summed E-state index contributed by atoms with van der Waals surface area (Å²) in [7, 11) is 0. The van der Waals surface area contributed by atoms with E-state index in [0.29, 0.717) is 0 Å². The Hall–Kier alpha value is -3.32. The Morgan fingerprint density at radius 3 is 2.41 bits per heavy atom. The van der Waals surface area contributed by atoms with Gasteiger partial charge >= 0.3 is 0 Å². The highest BCUT2D eigenvalue weighted by Gasteiger charge is 2.20. The van der Waals surface area contributed by atoms with Gasteiger partial charge in [0, 0.05) is 44.1 Å². The summed E-state index contributed by atoms with van der Waals surface area (Å²) in [6, 6.07) is 12.4. The molecule has 0 aliphatic carbocycles.